The zero-order valence-electron chi connectivity index (χ0n) is 12.5. The van der Waals surface area contributed by atoms with E-state index in [1.807, 2.05) is 43.3 Å². The third-order valence-corrected chi connectivity index (χ3v) is 3.72. The van der Waals surface area contributed by atoms with Crippen molar-refractivity contribution in [2.45, 2.75) is 6.92 Å². The number of carbonyl (C=O) groups is 1. The predicted molar refractivity (Wildman–Crippen MR) is 93.4 cm³/mol. The fraction of sp³-hybridized carbons (Fsp3) is 0.0556. The maximum absolute atomic E-state index is 12.0. The topological polar surface area (TPSA) is 54.9 Å². The van der Waals surface area contributed by atoms with E-state index in [0.717, 1.165) is 16.6 Å². The summed E-state index contributed by atoms with van der Waals surface area (Å²) in [6.07, 6.45) is 4.69. The molecule has 114 valence electrons. The van der Waals surface area contributed by atoms with Gasteiger partial charge in [0.1, 0.15) is 0 Å². The Morgan fingerprint density at radius 3 is 2.74 bits per heavy atom. The van der Waals surface area contributed by atoms with Crippen LogP contribution in [0, 0.1) is 6.92 Å². The summed E-state index contributed by atoms with van der Waals surface area (Å²) in [5, 5.41) is 3.38. The van der Waals surface area contributed by atoms with Crippen molar-refractivity contribution >= 4 is 40.3 Å². The molecule has 0 atom stereocenters. The highest BCUT2D eigenvalue weighted by atomic mass is 35.5. The first-order valence-electron chi connectivity index (χ1n) is 7.09. The molecule has 2 aromatic carbocycles. The molecule has 0 saturated carbocycles. The van der Waals surface area contributed by atoms with E-state index < -0.39 is 0 Å². The SMILES string of the molecule is Cc1ccc(NC(=O)/C=C/c2cnc3ccccc3n2)cc1Cl. The number of hydrogen-bond acceptors (Lipinski definition) is 3. The van der Waals surface area contributed by atoms with Crippen molar-refractivity contribution < 1.29 is 4.79 Å². The highest BCUT2D eigenvalue weighted by Crippen LogP contribution is 2.20. The Bertz CT molecular complexity index is 906. The molecule has 3 aromatic rings. The molecule has 0 bridgehead atoms. The number of benzene rings is 2. The maximum atomic E-state index is 12.0. The van der Waals surface area contributed by atoms with Crippen molar-refractivity contribution in [2.75, 3.05) is 5.32 Å². The predicted octanol–water partition coefficient (Wildman–Crippen LogP) is 4.24. The van der Waals surface area contributed by atoms with E-state index in [4.69, 9.17) is 11.6 Å². The van der Waals surface area contributed by atoms with E-state index in [0.29, 0.717) is 16.4 Å². The van der Waals surface area contributed by atoms with E-state index in [2.05, 4.69) is 15.3 Å². The van der Waals surface area contributed by atoms with Gasteiger partial charge in [0.2, 0.25) is 5.91 Å². The summed E-state index contributed by atoms with van der Waals surface area (Å²) >= 11 is 6.04. The number of anilines is 1. The number of rotatable bonds is 3. The zero-order chi connectivity index (χ0) is 16.2. The molecular weight excluding hydrogens is 310 g/mol. The minimum Gasteiger partial charge on any atom is -0.322 e. The molecule has 0 unspecified atom stereocenters. The standard InChI is InChI=1S/C18H14ClN3O/c1-12-6-7-13(10-15(12)19)22-18(23)9-8-14-11-20-16-4-2-3-5-17(16)21-14/h2-11H,1H3,(H,22,23)/b9-8+. The summed E-state index contributed by atoms with van der Waals surface area (Å²) < 4.78 is 0. The number of para-hydroxylation sites is 2. The first kappa shape index (κ1) is 15.2. The first-order chi connectivity index (χ1) is 11.1. The molecule has 23 heavy (non-hydrogen) atoms. The monoisotopic (exact) mass is 323 g/mol. The molecule has 0 aliphatic rings. The maximum Gasteiger partial charge on any atom is 0.248 e. The number of nitrogens with zero attached hydrogens (tertiary/aromatic N) is 2. The van der Waals surface area contributed by atoms with Gasteiger partial charge in [-0.15, -0.1) is 0 Å². The van der Waals surface area contributed by atoms with Crippen LogP contribution in [0.2, 0.25) is 5.02 Å². The van der Waals surface area contributed by atoms with Crippen molar-refractivity contribution in [3.05, 3.63) is 71.0 Å². The minimum absolute atomic E-state index is 0.250. The lowest BCUT2D eigenvalue weighted by molar-refractivity contribution is -0.111. The number of aryl methyl sites for hydroxylation is 1. The second-order valence-electron chi connectivity index (χ2n) is 5.07. The summed E-state index contributed by atoms with van der Waals surface area (Å²) in [7, 11) is 0. The summed E-state index contributed by atoms with van der Waals surface area (Å²) in [6, 6.07) is 13.0. The average Bonchev–Trinajstić information content (AvgIpc) is 2.56. The second-order valence-corrected chi connectivity index (χ2v) is 5.48. The molecule has 0 fully saturated rings. The van der Waals surface area contributed by atoms with Crippen molar-refractivity contribution in [1.82, 2.24) is 9.97 Å². The fourth-order valence-corrected chi connectivity index (χ4v) is 2.25. The lowest BCUT2D eigenvalue weighted by Crippen LogP contribution is -2.07. The summed E-state index contributed by atoms with van der Waals surface area (Å²) in [6.45, 7) is 1.91. The molecule has 1 amide bonds. The molecular formula is C18H14ClN3O. The average molecular weight is 324 g/mol. The number of carbonyl (C=O) groups excluding carboxylic acids is 1. The van der Waals surface area contributed by atoms with Gasteiger partial charge in [-0.25, -0.2) is 4.98 Å². The van der Waals surface area contributed by atoms with Crippen LogP contribution in [-0.4, -0.2) is 15.9 Å². The van der Waals surface area contributed by atoms with Gasteiger partial charge in [0.15, 0.2) is 0 Å². The molecule has 0 aliphatic carbocycles. The number of aromatic nitrogens is 2. The van der Waals surface area contributed by atoms with Gasteiger partial charge in [0, 0.05) is 16.8 Å². The third-order valence-electron chi connectivity index (χ3n) is 3.31. The first-order valence-corrected chi connectivity index (χ1v) is 7.46. The van der Waals surface area contributed by atoms with Gasteiger partial charge in [-0.3, -0.25) is 9.78 Å². The van der Waals surface area contributed by atoms with Crippen LogP contribution >= 0.6 is 11.6 Å². The molecule has 3 rings (SSSR count). The quantitative estimate of drug-likeness (QED) is 0.733. The minimum atomic E-state index is -0.250. The van der Waals surface area contributed by atoms with Crippen LogP contribution in [0.15, 0.2) is 54.7 Å². The third kappa shape index (κ3) is 3.73. The van der Waals surface area contributed by atoms with Gasteiger partial charge in [0.05, 0.1) is 22.9 Å². The normalized spacial score (nSPS) is 11.0. The fourth-order valence-electron chi connectivity index (χ4n) is 2.07. The van der Waals surface area contributed by atoms with Crippen molar-refractivity contribution in [2.24, 2.45) is 0 Å². The van der Waals surface area contributed by atoms with E-state index in [1.54, 1.807) is 18.3 Å². The number of halogens is 1. The lowest BCUT2D eigenvalue weighted by atomic mass is 10.2. The second kappa shape index (κ2) is 6.58. The Kier molecular flexibility index (Phi) is 4.35. The Balaban J connectivity index is 1.72. The smallest absolute Gasteiger partial charge is 0.248 e. The number of nitrogens with one attached hydrogen (secondary N) is 1. The number of amides is 1. The van der Waals surface area contributed by atoms with Crippen molar-refractivity contribution in [3.8, 4) is 0 Å². The number of fused-ring (bicyclic) bond motifs is 1. The van der Waals surface area contributed by atoms with E-state index in [-0.39, 0.29) is 5.91 Å². The van der Waals surface area contributed by atoms with Crippen LogP contribution in [0.5, 0.6) is 0 Å². The van der Waals surface area contributed by atoms with Gasteiger partial charge in [-0.05, 0) is 42.8 Å². The number of hydrogen-bond donors (Lipinski definition) is 1. The molecule has 1 aromatic heterocycles. The largest absolute Gasteiger partial charge is 0.322 e. The molecule has 0 saturated heterocycles. The Labute approximate surface area is 138 Å². The molecule has 0 spiro atoms. The van der Waals surface area contributed by atoms with Crippen LogP contribution in [0.1, 0.15) is 11.3 Å². The summed E-state index contributed by atoms with van der Waals surface area (Å²) in [5.74, 6) is -0.250. The van der Waals surface area contributed by atoms with Crippen molar-refractivity contribution in [3.63, 3.8) is 0 Å². The van der Waals surface area contributed by atoms with Gasteiger partial charge in [0.25, 0.3) is 0 Å². The van der Waals surface area contributed by atoms with Crippen LogP contribution in [0.4, 0.5) is 5.69 Å². The van der Waals surface area contributed by atoms with Gasteiger partial charge in [-0.1, -0.05) is 29.8 Å². The van der Waals surface area contributed by atoms with Crippen LogP contribution < -0.4 is 5.32 Å². The van der Waals surface area contributed by atoms with Gasteiger partial charge in [-0.2, -0.15) is 0 Å². The van der Waals surface area contributed by atoms with Crippen LogP contribution in [-0.2, 0) is 4.79 Å². The Morgan fingerprint density at radius 1 is 1.17 bits per heavy atom. The highest BCUT2D eigenvalue weighted by molar-refractivity contribution is 6.31. The molecule has 1 heterocycles. The zero-order valence-corrected chi connectivity index (χ0v) is 13.2. The molecule has 0 aliphatic heterocycles. The van der Waals surface area contributed by atoms with E-state index >= 15 is 0 Å². The van der Waals surface area contributed by atoms with Gasteiger partial charge >= 0.3 is 0 Å². The van der Waals surface area contributed by atoms with Crippen LogP contribution in [0.25, 0.3) is 17.1 Å². The summed E-state index contributed by atoms with van der Waals surface area (Å²) in [5.41, 5.74) is 3.86. The molecule has 5 heteroatoms. The molecule has 4 nitrogen and oxygen atoms in total. The Morgan fingerprint density at radius 2 is 1.96 bits per heavy atom. The highest BCUT2D eigenvalue weighted by Gasteiger charge is 2.02. The van der Waals surface area contributed by atoms with Crippen molar-refractivity contribution in [1.29, 1.82) is 0 Å². The summed E-state index contributed by atoms with van der Waals surface area (Å²) in [4.78, 5) is 20.7. The van der Waals surface area contributed by atoms with E-state index in [9.17, 15) is 4.79 Å². The molecule has 0 radical (unpaired) electrons. The lowest BCUT2D eigenvalue weighted by Gasteiger charge is -2.04. The van der Waals surface area contributed by atoms with Crippen LogP contribution in [0.3, 0.4) is 0 Å². The Hall–Kier alpha value is -2.72. The molecule has 1 N–H and O–H groups in total. The van der Waals surface area contributed by atoms with Gasteiger partial charge < -0.3 is 5.32 Å². The van der Waals surface area contributed by atoms with E-state index in [1.165, 1.54) is 6.08 Å².